The van der Waals surface area contributed by atoms with Gasteiger partial charge in [-0.05, 0) is 12.1 Å². The number of hydrogen-bond acceptors (Lipinski definition) is 3. The third kappa shape index (κ3) is 2.52. The number of benzene rings is 1. The van der Waals surface area contributed by atoms with Crippen LogP contribution in [0.15, 0.2) is 46.7 Å². The third-order valence-electron chi connectivity index (χ3n) is 2.19. The molecule has 0 aliphatic heterocycles. The van der Waals surface area contributed by atoms with E-state index in [1.807, 2.05) is 31.2 Å². The molecule has 0 aliphatic rings. The topological polar surface area (TPSA) is 45.8 Å². The molecule has 4 heteroatoms. The molecule has 1 heterocycles. The Kier molecular flexibility index (Phi) is 3.41. The number of aromatic nitrogens is 2. The smallest absolute Gasteiger partial charge is 0.170 e. The number of carbonyl (C=O) groups excluding carboxylic acids is 1. The van der Waals surface area contributed by atoms with Crippen LogP contribution in [0.2, 0.25) is 0 Å². The summed E-state index contributed by atoms with van der Waals surface area (Å²) in [4.78, 5) is 19.6. The van der Waals surface area contributed by atoms with E-state index in [0.29, 0.717) is 6.42 Å². The van der Waals surface area contributed by atoms with Crippen LogP contribution in [-0.2, 0) is 0 Å². The third-order valence-corrected chi connectivity index (χ3v) is 3.11. The molecule has 82 valence electrons. The lowest BCUT2D eigenvalue weighted by Crippen LogP contribution is -1.95. The number of ketones is 1. The highest BCUT2D eigenvalue weighted by Crippen LogP contribution is 2.24. The van der Waals surface area contributed by atoms with Crippen LogP contribution in [0.25, 0.3) is 0 Å². The Labute approximate surface area is 98.3 Å². The van der Waals surface area contributed by atoms with Gasteiger partial charge in [-0.2, -0.15) is 0 Å². The van der Waals surface area contributed by atoms with Crippen LogP contribution in [0.5, 0.6) is 0 Å². The van der Waals surface area contributed by atoms with Gasteiger partial charge in [0.1, 0.15) is 0 Å². The molecule has 3 nitrogen and oxygen atoms in total. The molecule has 0 fully saturated rings. The van der Waals surface area contributed by atoms with Crippen LogP contribution in [-0.4, -0.2) is 15.8 Å². The lowest BCUT2D eigenvalue weighted by molar-refractivity contribution is 0.0988. The molecule has 0 saturated heterocycles. The molecule has 0 radical (unpaired) electrons. The molecular formula is C12H12N2OS. The summed E-state index contributed by atoms with van der Waals surface area (Å²) in [5, 5.41) is 0.856. The first kappa shape index (κ1) is 11.0. The second kappa shape index (κ2) is 4.99. The van der Waals surface area contributed by atoms with Gasteiger partial charge >= 0.3 is 0 Å². The van der Waals surface area contributed by atoms with Crippen molar-refractivity contribution in [2.45, 2.75) is 23.4 Å². The zero-order valence-electron chi connectivity index (χ0n) is 8.93. The van der Waals surface area contributed by atoms with E-state index in [4.69, 9.17) is 0 Å². The van der Waals surface area contributed by atoms with E-state index in [1.54, 1.807) is 24.2 Å². The molecule has 2 rings (SSSR count). The highest BCUT2D eigenvalue weighted by molar-refractivity contribution is 7.99. The van der Waals surface area contributed by atoms with Gasteiger partial charge < -0.3 is 4.98 Å². The van der Waals surface area contributed by atoms with Crippen LogP contribution in [0.3, 0.4) is 0 Å². The minimum absolute atomic E-state index is 0.176. The summed E-state index contributed by atoms with van der Waals surface area (Å²) in [5.41, 5.74) is 0.770. The van der Waals surface area contributed by atoms with Crippen LogP contribution in [0.4, 0.5) is 0 Å². The Hall–Kier alpha value is -1.55. The van der Waals surface area contributed by atoms with Crippen LogP contribution >= 0.6 is 11.8 Å². The summed E-state index contributed by atoms with van der Waals surface area (Å²) in [6, 6.07) is 7.60. The first-order chi connectivity index (χ1) is 7.79. The molecule has 2 aromatic rings. The Morgan fingerprint density at radius 2 is 2.12 bits per heavy atom. The minimum atomic E-state index is 0.176. The van der Waals surface area contributed by atoms with Crippen molar-refractivity contribution in [2.75, 3.05) is 0 Å². The van der Waals surface area contributed by atoms with Gasteiger partial charge in [0.05, 0.1) is 0 Å². The average Bonchev–Trinajstić information content (AvgIpc) is 2.82. The molecule has 0 atom stereocenters. The number of imidazole rings is 1. The highest BCUT2D eigenvalue weighted by atomic mass is 32.2. The number of rotatable bonds is 4. The molecule has 16 heavy (non-hydrogen) atoms. The van der Waals surface area contributed by atoms with Crippen molar-refractivity contribution in [1.82, 2.24) is 9.97 Å². The van der Waals surface area contributed by atoms with Crippen LogP contribution < -0.4 is 0 Å². The predicted molar refractivity (Wildman–Crippen MR) is 63.8 cm³/mol. The van der Waals surface area contributed by atoms with Crippen molar-refractivity contribution in [2.24, 2.45) is 0 Å². The Balaban J connectivity index is 2.10. The number of nitrogens with one attached hydrogen (secondary N) is 1. The van der Waals surface area contributed by atoms with Crippen molar-refractivity contribution in [1.29, 1.82) is 0 Å². The first-order valence-electron chi connectivity index (χ1n) is 5.10. The van der Waals surface area contributed by atoms with Gasteiger partial charge in [0.2, 0.25) is 0 Å². The zero-order chi connectivity index (χ0) is 11.4. The van der Waals surface area contributed by atoms with Gasteiger partial charge in [0.25, 0.3) is 0 Å². The summed E-state index contributed by atoms with van der Waals surface area (Å²) in [5.74, 6) is 0.176. The largest absolute Gasteiger partial charge is 0.339 e. The van der Waals surface area contributed by atoms with Gasteiger partial charge in [-0.1, -0.05) is 30.8 Å². The fourth-order valence-corrected chi connectivity index (χ4v) is 2.07. The number of hydrogen-bond donors (Lipinski definition) is 1. The number of Topliss-reactive ketones (excluding diaryl/α,β-unsaturated/α-hetero) is 1. The lowest BCUT2D eigenvalue weighted by atomic mass is 10.1. The van der Waals surface area contributed by atoms with E-state index in [9.17, 15) is 4.79 Å². The maximum absolute atomic E-state index is 11.4. The highest BCUT2D eigenvalue weighted by Gasteiger charge is 2.03. The normalized spacial score (nSPS) is 10.3. The Morgan fingerprint density at radius 1 is 1.38 bits per heavy atom. The summed E-state index contributed by atoms with van der Waals surface area (Å²) in [7, 11) is 0. The van der Waals surface area contributed by atoms with E-state index in [0.717, 1.165) is 15.6 Å². The number of H-pyrrole nitrogens is 1. The fourth-order valence-electron chi connectivity index (χ4n) is 1.33. The van der Waals surface area contributed by atoms with Crippen molar-refractivity contribution in [3.8, 4) is 0 Å². The standard InChI is InChI=1S/C12H12N2OS/c1-2-11(15)9-3-5-10(6-4-9)16-12-13-7-8-14-12/h3-8H,2H2,1H3,(H,13,14). The number of carbonyl (C=O) groups is 1. The van der Waals surface area contributed by atoms with Crippen molar-refractivity contribution >= 4 is 17.5 Å². The van der Waals surface area contributed by atoms with E-state index < -0.39 is 0 Å². The predicted octanol–water partition coefficient (Wildman–Crippen LogP) is 3.15. The summed E-state index contributed by atoms with van der Waals surface area (Å²) in [6.45, 7) is 1.87. The quantitative estimate of drug-likeness (QED) is 0.824. The average molecular weight is 232 g/mol. The van der Waals surface area contributed by atoms with Crippen molar-refractivity contribution in [3.05, 3.63) is 42.2 Å². The van der Waals surface area contributed by atoms with Crippen LogP contribution in [0, 0.1) is 0 Å². The van der Waals surface area contributed by atoms with Crippen molar-refractivity contribution in [3.63, 3.8) is 0 Å². The molecule has 0 amide bonds. The minimum Gasteiger partial charge on any atom is -0.339 e. The molecule has 0 unspecified atom stereocenters. The SMILES string of the molecule is CCC(=O)c1ccc(Sc2ncc[nH]2)cc1. The molecule has 1 aromatic heterocycles. The monoisotopic (exact) mass is 232 g/mol. The molecule has 0 spiro atoms. The van der Waals surface area contributed by atoms with Crippen LogP contribution in [0.1, 0.15) is 23.7 Å². The van der Waals surface area contributed by atoms with E-state index in [-0.39, 0.29) is 5.78 Å². The van der Waals surface area contributed by atoms with Gasteiger partial charge in [0.15, 0.2) is 10.9 Å². The second-order valence-electron chi connectivity index (χ2n) is 3.30. The summed E-state index contributed by atoms with van der Waals surface area (Å²) >= 11 is 1.54. The zero-order valence-corrected chi connectivity index (χ0v) is 9.75. The Morgan fingerprint density at radius 3 is 2.69 bits per heavy atom. The van der Waals surface area contributed by atoms with Gasteiger partial charge in [-0.3, -0.25) is 4.79 Å². The maximum Gasteiger partial charge on any atom is 0.170 e. The molecule has 0 aliphatic carbocycles. The first-order valence-corrected chi connectivity index (χ1v) is 5.91. The van der Waals surface area contributed by atoms with E-state index in [1.165, 1.54) is 0 Å². The van der Waals surface area contributed by atoms with Gasteiger partial charge in [-0.15, -0.1) is 0 Å². The second-order valence-corrected chi connectivity index (χ2v) is 4.36. The van der Waals surface area contributed by atoms with E-state index in [2.05, 4.69) is 9.97 Å². The lowest BCUT2D eigenvalue weighted by Gasteiger charge is -2.00. The maximum atomic E-state index is 11.4. The fraction of sp³-hybridized carbons (Fsp3) is 0.167. The summed E-state index contributed by atoms with van der Waals surface area (Å²) < 4.78 is 0. The van der Waals surface area contributed by atoms with Gasteiger partial charge in [0, 0.05) is 29.3 Å². The molecule has 0 saturated carbocycles. The van der Waals surface area contributed by atoms with E-state index >= 15 is 0 Å². The Bertz CT molecular complexity index is 462. The number of nitrogens with zero attached hydrogens (tertiary/aromatic N) is 1. The molecule has 0 bridgehead atoms. The number of aromatic amines is 1. The van der Waals surface area contributed by atoms with Gasteiger partial charge in [-0.25, -0.2) is 4.98 Å². The molecule has 1 N–H and O–H groups in total. The summed E-state index contributed by atoms with van der Waals surface area (Å²) in [6.07, 6.45) is 4.05. The van der Waals surface area contributed by atoms with Crippen molar-refractivity contribution < 1.29 is 4.79 Å². The molecule has 1 aromatic carbocycles. The molecular weight excluding hydrogens is 220 g/mol.